The molecule has 0 spiro atoms. The molecule has 9 nitrogen and oxygen atoms in total. The van der Waals surface area contributed by atoms with Crippen molar-refractivity contribution in [2.45, 2.75) is 64.5 Å². The predicted molar refractivity (Wildman–Crippen MR) is 162 cm³/mol. The van der Waals surface area contributed by atoms with Crippen molar-refractivity contribution >= 4 is 23.2 Å². The van der Waals surface area contributed by atoms with Crippen molar-refractivity contribution < 1.29 is 22.6 Å². The third-order valence-electron chi connectivity index (χ3n) is 9.31. The molecule has 2 aromatic carbocycles. The molecule has 2 aromatic heterocycles. The number of ether oxygens (including phenoxy) is 1. The highest BCUT2D eigenvalue weighted by atomic mass is 35.5. The van der Waals surface area contributed by atoms with Crippen molar-refractivity contribution in [1.29, 1.82) is 0 Å². The Morgan fingerprint density at radius 2 is 1.40 bits per heavy atom. The minimum absolute atomic E-state index is 0.116. The molecule has 4 unspecified atom stereocenters. The van der Waals surface area contributed by atoms with Gasteiger partial charge in [-0.2, -0.15) is 0 Å². The molecule has 3 fully saturated rings. The summed E-state index contributed by atoms with van der Waals surface area (Å²) in [6, 6.07) is 9.04. The average Bonchev–Trinajstić information content (AvgIpc) is 3.81. The SMILES string of the molecule is O=c1onc(Cc2c(F)cccc2Cl)n1CC1CC2CCC1C2.O=c1onc(Cc2c(F)cccc2Cl)n1CC1CCCOC1. The van der Waals surface area contributed by atoms with Crippen LogP contribution in [0, 0.1) is 35.3 Å². The molecule has 2 aliphatic carbocycles. The van der Waals surface area contributed by atoms with Crippen LogP contribution in [0.2, 0.25) is 10.0 Å². The van der Waals surface area contributed by atoms with Crippen LogP contribution < -0.4 is 11.5 Å². The summed E-state index contributed by atoms with van der Waals surface area (Å²) >= 11 is 12.1. The summed E-state index contributed by atoms with van der Waals surface area (Å²) in [5, 5.41) is 8.26. The van der Waals surface area contributed by atoms with Crippen molar-refractivity contribution in [2.75, 3.05) is 13.2 Å². The quantitative estimate of drug-likeness (QED) is 0.218. The summed E-state index contributed by atoms with van der Waals surface area (Å²) in [4.78, 5) is 23.8. The number of rotatable bonds is 8. The molecule has 3 aliphatic rings. The van der Waals surface area contributed by atoms with Gasteiger partial charge in [0.05, 0.1) is 6.61 Å². The van der Waals surface area contributed by atoms with Gasteiger partial charge in [0.1, 0.15) is 11.6 Å². The van der Waals surface area contributed by atoms with Gasteiger partial charge in [0.15, 0.2) is 11.6 Å². The predicted octanol–water partition coefficient (Wildman–Crippen LogP) is 6.30. The zero-order valence-electron chi connectivity index (χ0n) is 24.6. The van der Waals surface area contributed by atoms with Crippen LogP contribution in [-0.4, -0.2) is 32.7 Å². The molecular weight excluding hydrogens is 629 g/mol. The first kappa shape index (κ1) is 31.7. The third-order valence-corrected chi connectivity index (χ3v) is 10.0. The number of aromatic nitrogens is 4. The van der Waals surface area contributed by atoms with Gasteiger partial charge in [-0.3, -0.25) is 18.2 Å². The van der Waals surface area contributed by atoms with Crippen LogP contribution in [0.25, 0.3) is 0 Å². The Labute approximate surface area is 268 Å². The first-order valence-corrected chi connectivity index (χ1v) is 16.1. The van der Waals surface area contributed by atoms with E-state index in [1.807, 2.05) is 0 Å². The highest BCUT2D eigenvalue weighted by molar-refractivity contribution is 6.31. The van der Waals surface area contributed by atoms with Crippen molar-refractivity contribution in [3.8, 4) is 0 Å². The number of hydrogen-bond donors (Lipinski definition) is 0. The fourth-order valence-corrected chi connectivity index (χ4v) is 7.43. The second kappa shape index (κ2) is 14.0. The Morgan fingerprint density at radius 1 is 0.800 bits per heavy atom. The molecule has 45 heavy (non-hydrogen) atoms. The summed E-state index contributed by atoms with van der Waals surface area (Å²) < 4.78 is 45.9. The van der Waals surface area contributed by atoms with E-state index in [0.717, 1.165) is 25.4 Å². The molecule has 0 N–H and O–H groups in total. The Kier molecular flexibility index (Phi) is 9.87. The second-order valence-electron chi connectivity index (χ2n) is 12.2. The van der Waals surface area contributed by atoms with Crippen molar-refractivity contribution in [2.24, 2.45) is 23.7 Å². The summed E-state index contributed by atoms with van der Waals surface area (Å²) in [7, 11) is 0. The van der Waals surface area contributed by atoms with Crippen molar-refractivity contribution in [3.63, 3.8) is 0 Å². The van der Waals surface area contributed by atoms with Gasteiger partial charge in [-0.25, -0.2) is 18.4 Å². The molecule has 2 saturated carbocycles. The van der Waals surface area contributed by atoms with E-state index in [-0.39, 0.29) is 24.6 Å². The Hall–Kier alpha value is -3.28. The van der Waals surface area contributed by atoms with Crippen LogP contribution in [0.5, 0.6) is 0 Å². The maximum absolute atomic E-state index is 14.0. The van der Waals surface area contributed by atoms with E-state index < -0.39 is 17.3 Å². The smallest absolute Gasteiger partial charge is 0.381 e. The summed E-state index contributed by atoms with van der Waals surface area (Å²) in [5.41, 5.74) is 0.662. The van der Waals surface area contributed by atoms with Crippen molar-refractivity contribution in [3.05, 3.63) is 102 Å². The van der Waals surface area contributed by atoms with Gasteiger partial charge in [0, 0.05) is 59.6 Å². The number of benzene rings is 2. The summed E-state index contributed by atoms with van der Waals surface area (Å²) in [6.45, 7) is 2.44. The van der Waals surface area contributed by atoms with Crippen LogP contribution in [0.1, 0.15) is 61.3 Å². The number of hydrogen-bond acceptors (Lipinski definition) is 7. The summed E-state index contributed by atoms with van der Waals surface area (Å²) in [6.07, 6.45) is 7.25. The fourth-order valence-electron chi connectivity index (χ4n) is 6.97. The van der Waals surface area contributed by atoms with Crippen LogP contribution in [0.4, 0.5) is 8.78 Å². The van der Waals surface area contributed by atoms with E-state index in [4.69, 9.17) is 37.0 Å². The lowest BCUT2D eigenvalue weighted by Gasteiger charge is -2.22. The minimum Gasteiger partial charge on any atom is -0.381 e. The Morgan fingerprint density at radius 3 is 1.89 bits per heavy atom. The monoisotopic (exact) mass is 662 g/mol. The molecule has 0 radical (unpaired) electrons. The van der Waals surface area contributed by atoms with Gasteiger partial charge in [0.25, 0.3) is 0 Å². The molecule has 4 aromatic rings. The Balaban J connectivity index is 0.000000159. The molecule has 3 heterocycles. The molecule has 0 amide bonds. The van der Waals surface area contributed by atoms with Gasteiger partial charge in [-0.15, -0.1) is 0 Å². The van der Waals surface area contributed by atoms with Crippen LogP contribution in [0.15, 0.2) is 55.0 Å². The average molecular weight is 664 g/mol. The minimum atomic E-state index is -0.534. The lowest BCUT2D eigenvalue weighted by Crippen LogP contribution is -2.27. The van der Waals surface area contributed by atoms with Crippen LogP contribution in [-0.2, 0) is 30.7 Å². The van der Waals surface area contributed by atoms with E-state index in [0.29, 0.717) is 64.4 Å². The van der Waals surface area contributed by atoms with Crippen LogP contribution in [0.3, 0.4) is 0 Å². The van der Waals surface area contributed by atoms with E-state index in [1.54, 1.807) is 22.8 Å². The molecule has 13 heteroatoms. The first-order chi connectivity index (χ1) is 21.8. The zero-order valence-corrected chi connectivity index (χ0v) is 26.1. The number of halogens is 4. The van der Waals surface area contributed by atoms with E-state index in [2.05, 4.69) is 10.3 Å². The lowest BCUT2D eigenvalue weighted by atomic mass is 9.89. The summed E-state index contributed by atoms with van der Waals surface area (Å²) in [5.74, 6) is 1.27. The maximum Gasteiger partial charge on any atom is 0.441 e. The number of nitrogens with zero attached hydrogens (tertiary/aromatic N) is 4. The molecule has 7 rings (SSSR count). The van der Waals surface area contributed by atoms with Gasteiger partial charge < -0.3 is 4.74 Å². The van der Waals surface area contributed by atoms with Crippen molar-refractivity contribution in [1.82, 2.24) is 19.4 Å². The normalized spacial score (nSPS) is 22.4. The zero-order chi connectivity index (χ0) is 31.5. The van der Waals surface area contributed by atoms with E-state index in [9.17, 15) is 18.4 Å². The maximum atomic E-state index is 14.0. The highest BCUT2D eigenvalue weighted by Crippen LogP contribution is 2.48. The second-order valence-corrected chi connectivity index (χ2v) is 13.0. The molecule has 1 saturated heterocycles. The molecule has 240 valence electrons. The molecular formula is C32H34Cl2F2N4O5. The topological polar surface area (TPSA) is 105 Å². The standard InChI is InChI=1S/C17H18ClFN2O2.C15H16ClFN2O3/c18-14-2-1-3-15(19)13(14)8-16-20-23-17(22)21(16)9-12-7-10-4-5-11(12)6-10;16-12-4-1-5-13(17)11(12)7-14-18-22-15(20)19(14)8-10-3-2-6-21-9-10/h1-3,10-12H,4-9H2;1,4-5,10H,2-3,6-9H2. The van der Waals surface area contributed by atoms with E-state index in [1.165, 1.54) is 48.4 Å². The molecule has 1 aliphatic heterocycles. The number of fused-ring (bicyclic) bond motifs is 2. The molecule has 2 bridgehead atoms. The molecule has 4 atom stereocenters. The lowest BCUT2D eigenvalue weighted by molar-refractivity contribution is 0.0474. The largest absolute Gasteiger partial charge is 0.441 e. The third kappa shape index (κ3) is 7.26. The van der Waals surface area contributed by atoms with Crippen LogP contribution >= 0.6 is 23.2 Å². The van der Waals surface area contributed by atoms with E-state index >= 15 is 0 Å². The van der Waals surface area contributed by atoms with Gasteiger partial charge in [-0.1, -0.05) is 52.1 Å². The van der Waals surface area contributed by atoms with Gasteiger partial charge >= 0.3 is 11.5 Å². The Bertz CT molecular complexity index is 1710. The fraction of sp³-hybridized carbons (Fsp3) is 0.500. The first-order valence-electron chi connectivity index (χ1n) is 15.3. The van der Waals surface area contributed by atoms with Gasteiger partial charge in [-0.05, 0) is 74.1 Å². The highest BCUT2D eigenvalue weighted by Gasteiger charge is 2.40. The van der Waals surface area contributed by atoms with Gasteiger partial charge in [0.2, 0.25) is 0 Å².